The van der Waals surface area contributed by atoms with Crippen LogP contribution in [0.15, 0.2) is 41.3 Å². The maximum absolute atomic E-state index is 14.1. The van der Waals surface area contributed by atoms with Gasteiger partial charge in [0.25, 0.3) is 0 Å². The molecule has 0 radical (unpaired) electrons. The van der Waals surface area contributed by atoms with Gasteiger partial charge in [0.2, 0.25) is 17.8 Å². The van der Waals surface area contributed by atoms with Crippen molar-refractivity contribution in [2.75, 3.05) is 32.8 Å². The van der Waals surface area contributed by atoms with E-state index in [2.05, 4.69) is 10.3 Å². The van der Waals surface area contributed by atoms with Crippen LogP contribution in [0.25, 0.3) is 0 Å². The van der Waals surface area contributed by atoms with Gasteiger partial charge in [-0.05, 0) is 49.5 Å². The number of halogens is 1. The maximum Gasteiger partial charge on any atom is 0.307 e. The Morgan fingerprint density at radius 1 is 1.12 bits per heavy atom. The zero-order chi connectivity index (χ0) is 27.8. The van der Waals surface area contributed by atoms with E-state index < -0.39 is 23.8 Å². The number of carboxylic acids is 1. The van der Waals surface area contributed by atoms with Crippen molar-refractivity contribution >= 4 is 35.3 Å². The van der Waals surface area contributed by atoms with Crippen molar-refractivity contribution in [2.24, 2.45) is 16.8 Å². The summed E-state index contributed by atoms with van der Waals surface area (Å²) in [5, 5.41) is 13.8. The summed E-state index contributed by atoms with van der Waals surface area (Å²) in [5.41, 5.74) is 2.56. The number of rotatable bonds is 7. The van der Waals surface area contributed by atoms with E-state index in [1.54, 1.807) is 4.90 Å². The molecule has 11 heteroatoms. The highest BCUT2D eigenvalue weighted by Crippen LogP contribution is 2.43. The lowest BCUT2D eigenvalue weighted by molar-refractivity contribution is -0.154. The first-order valence-corrected chi connectivity index (χ1v) is 14.5. The minimum Gasteiger partial charge on any atom is -0.487 e. The fourth-order valence-corrected chi connectivity index (χ4v) is 6.89. The zero-order valence-electron chi connectivity index (χ0n) is 22.4. The number of hydrogen-bond acceptors (Lipinski definition) is 7. The molecule has 1 aromatic carbocycles. The summed E-state index contributed by atoms with van der Waals surface area (Å²) in [4.78, 5) is 48.8. The van der Waals surface area contributed by atoms with Gasteiger partial charge in [-0.1, -0.05) is 24.4 Å². The molecule has 2 amide bonds. The fraction of sp³-hybridized carbons (Fsp3) is 0.517. The van der Waals surface area contributed by atoms with Crippen LogP contribution in [-0.2, 0) is 20.8 Å². The Balaban J connectivity index is 1.32. The van der Waals surface area contributed by atoms with Crippen LogP contribution in [0.5, 0.6) is 5.75 Å². The molecule has 40 heavy (non-hydrogen) atoms. The number of guanidine groups is 1. The third kappa shape index (κ3) is 5.05. The van der Waals surface area contributed by atoms with E-state index in [9.17, 15) is 19.5 Å². The second kappa shape index (κ2) is 11.2. The van der Waals surface area contributed by atoms with E-state index in [1.165, 1.54) is 0 Å². The van der Waals surface area contributed by atoms with Crippen LogP contribution in [0.1, 0.15) is 55.7 Å². The van der Waals surface area contributed by atoms with Crippen LogP contribution >= 0.6 is 11.6 Å². The van der Waals surface area contributed by atoms with E-state index in [4.69, 9.17) is 16.3 Å². The van der Waals surface area contributed by atoms with Crippen LogP contribution in [0.2, 0.25) is 5.02 Å². The van der Waals surface area contributed by atoms with Crippen LogP contribution in [0.4, 0.5) is 0 Å². The third-order valence-corrected chi connectivity index (χ3v) is 8.98. The molecule has 2 fully saturated rings. The summed E-state index contributed by atoms with van der Waals surface area (Å²) < 4.78 is 6.37. The molecule has 0 spiro atoms. The number of amides is 2. The lowest BCUT2D eigenvalue weighted by atomic mass is 9.77. The number of ether oxygens (including phenoxy) is 1. The van der Waals surface area contributed by atoms with E-state index in [0.29, 0.717) is 62.6 Å². The van der Waals surface area contributed by atoms with Crippen LogP contribution in [0.3, 0.4) is 0 Å². The Hall–Kier alpha value is -3.53. The number of carbonyl (C=O) groups is 3. The molecule has 0 bridgehead atoms. The minimum absolute atomic E-state index is 0.0656. The van der Waals surface area contributed by atoms with Crippen molar-refractivity contribution in [1.82, 2.24) is 20.0 Å². The SMILES string of the molecule is O=C(O)[C@@H]1CCCCC1C(=O)N1CCc2c(Cl)ccc(OCC3=CN4C=CCN=C4N3)c2[C@H]1CN1CCCC1=O. The van der Waals surface area contributed by atoms with Gasteiger partial charge in [-0.3, -0.25) is 19.3 Å². The van der Waals surface area contributed by atoms with Crippen LogP contribution in [0, 0.1) is 11.8 Å². The van der Waals surface area contributed by atoms with Gasteiger partial charge in [-0.2, -0.15) is 0 Å². The highest BCUT2D eigenvalue weighted by atomic mass is 35.5. The van der Waals surface area contributed by atoms with E-state index in [0.717, 1.165) is 42.0 Å². The zero-order valence-corrected chi connectivity index (χ0v) is 23.1. The number of aliphatic carboxylic acids is 1. The number of nitrogens with zero attached hydrogens (tertiary/aromatic N) is 4. The Labute approximate surface area is 238 Å². The maximum atomic E-state index is 14.1. The Kier molecular flexibility index (Phi) is 7.44. The number of likely N-dealkylation sites (tertiary alicyclic amines) is 1. The average molecular weight is 568 g/mol. The summed E-state index contributed by atoms with van der Waals surface area (Å²) in [5.74, 6) is -0.909. The van der Waals surface area contributed by atoms with Gasteiger partial charge in [0.15, 0.2) is 0 Å². The number of aliphatic imine (C=N–C) groups is 1. The second-order valence-electron chi connectivity index (χ2n) is 11.0. The standard InChI is InChI=1S/C29H34ClN5O5/c30-22-8-9-24(40-17-18-15-34-13-4-11-31-29(34)32-18)26-21(22)10-14-35(23(26)16-33-12-3-7-25(33)36)27(37)19-5-1-2-6-20(19)28(38)39/h4,8-9,13,15,19-20,23H,1-3,5-7,10-12,14,16-17H2,(H,31,32)(H,38,39)/t19?,20-,23-/m1/s1. The molecule has 4 heterocycles. The van der Waals surface area contributed by atoms with Gasteiger partial charge >= 0.3 is 5.97 Å². The molecule has 4 aliphatic heterocycles. The molecule has 1 saturated carbocycles. The Morgan fingerprint density at radius 2 is 1.95 bits per heavy atom. The molecule has 1 saturated heterocycles. The van der Waals surface area contributed by atoms with Crippen molar-refractivity contribution in [1.29, 1.82) is 0 Å². The molecule has 6 rings (SSSR count). The highest BCUT2D eigenvalue weighted by Gasteiger charge is 2.43. The summed E-state index contributed by atoms with van der Waals surface area (Å²) in [6, 6.07) is 3.17. The lowest BCUT2D eigenvalue weighted by Crippen LogP contribution is -2.50. The number of hydrogen-bond donors (Lipinski definition) is 2. The fourth-order valence-electron chi connectivity index (χ4n) is 6.63. The summed E-state index contributed by atoms with van der Waals surface area (Å²) in [7, 11) is 0. The van der Waals surface area contributed by atoms with Crippen molar-refractivity contribution in [3.8, 4) is 5.75 Å². The van der Waals surface area contributed by atoms with Gasteiger partial charge in [0.05, 0.1) is 30.1 Å². The smallest absolute Gasteiger partial charge is 0.307 e. The third-order valence-electron chi connectivity index (χ3n) is 8.63. The molecule has 10 nitrogen and oxygen atoms in total. The normalized spacial score (nSPS) is 25.7. The van der Waals surface area contributed by atoms with Crippen molar-refractivity contribution < 1.29 is 24.2 Å². The summed E-state index contributed by atoms with van der Waals surface area (Å²) in [6.07, 6.45) is 10.4. The molecule has 5 aliphatic rings. The minimum atomic E-state index is -0.915. The molecule has 1 unspecified atom stereocenters. The first kappa shape index (κ1) is 26.7. The van der Waals surface area contributed by atoms with E-state index >= 15 is 0 Å². The largest absolute Gasteiger partial charge is 0.487 e. The predicted octanol–water partition coefficient (Wildman–Crippen LogP) is 3.29. The molecule has 212 valence electrons. The van der Waals surface area contributed by atoms with Crippen molar-refractivity contribution in [2.45, 2.75) is 51.0 Å². The first-order chi connectivity index (χ1) is 19.4. The predicted molar refractivity (Wildman–Crippen MR) is 149 cm³/mol. The summed E-state index contributed by atoms with van der Waals surface area (Å²) in [6.45, 7) is 2.25. The molecular formula is C29H34ClN5O5. The van der Waals surface area contributed by atoms with Crippen molar-refractivity contribution in [3.05, 3.63) is 52.5 Å². The van der Waals surface area contributed by atoms with Gasteiger partial charge in [0, 0.05) is 49.0 Å². The van der Waals surface area contributed by atoms with Gasteiger partial charge in [-0.25, -0.2) is 4.99 Å². The highest BCUT2D eigenvalue weighted by molar-refractivity contribution is 6.31. The average Bonchev–Trinajstić information content (AvgIpc) is 3.57. The lowest BCUT2D eigenvalue weighted by Gasteiger charge is -2.43. The number of carbonyl (C=O) groups excluding carboxylic acids is 2. The topological polar surface area (TPSA) is 115 Å². The molecule has 1 aromatic rings. The van der Waals surface area contributed by atoms with Crippen LogP contribution < -0.4 is 10.1 Å². The quantitative estimate of drug-likeness (QED) is 0.519. The number of nitrogens with one attached hydrogen (secondary N) is 1. The van der Waals surface area contributed by atoms with E-state index in [-0.39, 0.29) is 18.4 Å². The summed E-state index contributed by atoms with van der Waals surface area (Å²) >= 11 is 6.70. The van der Waals surface area contributed by atoms with Gasteiger partial charge < -0.3 is 25.0 Å². The molecule has 3 atom stereocenters. The Morgan fingerprint density at radius 3 is 2.70 bits per heavy atom. The first-order valence-electron chi connectivity index (χ1n) is 14.1. The monoisotopic (exact) mass is 567 g/mol. The molecule has 2 N–H and O–H groups in total. The number of carboxylic acid groups (broad SMARTS) is 1. The molecule has 1 aliphatic carbocycles. The van der Waals surface area contributed by atoms with Gasteiger partial charge in [0.1, 0.15) is 12.4 Å². The Bertz CT molecular complexity index is 1310. The second-order valence-corrected chi connectivity index (χ2v) is 11.4. The van der Waals surface area contributed by atoms with Crippen molar-refractivity contribution in [3.63, 3.8) is 0 Å². The number of benzene rings is 1. The number of fused-ring (bicyclic) bond motifs is 2. The van der Waals surface area contributed by atoms with Gasteiger partial charge in [-0.15, -0.1) is 0 Å². The molecule has 0 aromatic heterocycles. The van der Waals surface area contributed by atoms with Crippen LogP contribution in [-0.4, -0.2) is 76.3 Å². The van der Waals surface area contributed by atoms with E-state index in [1.807, 2.05) is 40.4 Å². The molecular weight excluding hydrogens is 534 g/mol.